The molecule has 1 aromatic heterocycles. The van der Waals surface area contributed by atoms with Gasteiger partial charge in [-0.1, -0.05) is 42.1 Å². The maximum absolute atomic E-state index is 12.5. The standard InChI is InChI=1S/C23H25N3O2S2/c1-17-15-29-22(25-17)30-20-9-7-19(8-10-20)26-21(27)24-16-23(11-13-28-14-12-23)18-5-3-2-4-6-18/h2-10,15H,11-14,16H2,1H3,(H2,24,26,27). The lowest BCUT2D eigenvalue weighted by Gasteiger charge is -2.38. The van der Waals surface area contributed by atoms with Crippen molar-refractivity contribution in [3.8, 4) is 0 Å². The van der Waals surface area contributed by atoms with Crippen molar-refractivity contribution in [2.24, 2.45) is 0 Å². The lowest BCUT2D eigenvalue weighted by atomic mass is 9.74. The molecular weight excluding hydrogens is 414 g/mol. The van der Waals surface area contributed by atoms with E-state index in [0.717, 1.165) is 46.7 Å². The van der Waals surface area contributed by atoms with E-state index >= 15 is 0 Å². The molecular formula is C23H25N3O2S2. The van der Waals surface area contributed by atoms with E-state index in [1.807, 2.05) is 42.6 Å². The molecule has 7 heteroatoms. The monoisotopic (exact) mass is 439 g/mol. The summed E-state index contributed by atoms with van der Waals surface area (Å²) in [5, 5.41) is 8.06. The second-order valence-electron chi connectivity index (χ2n) is 7.45. The Balaban J connectivity index is 1.34. The third kappa shape index (κ3) is 5.22. The van der Waals surface area contributed by atoms with Crippen molar-refractivity contribution in [1.82, 2.24) is 10.3 Å². The van der Waals surface area contributed by atoms with E-state index < -0.39 is 0 Å². The van der Waals surface area contributed by atoms with Gasteiger partial charge in [-0.3, -0.25) is 0 Å². The number of aryl methyl sites for hydroxylation is 1. The fourth-order valence-corrected chi connectivity index (χ4v) is 5.44. The molecule has 0 atom stereocenters. The molecule has 0 saturated carbocycles. The zero-order valence-electron chi connectivity index (χ0n) is 16.9. The third-order valence-corrected chi connectivity index (χ3v) is 7.40. The molecule has 1 saturated heterocycles. The van der Waals surface area contributed by atoms with E-state index in [-0.39, 0.29) is 11.4 Å². The number of aromatic nitrogens is 1. The summed E-state index contributed by atoms with van der Waals surface area (Å²) in [6.45, 7) is 4.02. The zero-order valence-corrected chi connectivity index (χ0v) is 18.5. The number of urea groups is 1. The van der Waals surface area contributed by atoms with E-state index in [2.05, 4.69) is 39.9 Å². The first kappa shape index (κ1) is 20.9. The minimum Gasteiger partial charge on any atom is -0.381 e. The van der Waals surface area contributed by atoms with Crippen LogP contribution in [0.4, 0.5) is 10.5 Å². The van der Waals surface area contributed by atoms with Crippen molar-refractivity contribution in [1.29, 1.82) is 0 Å². The molecule has 1 aliphatic heterocycles. The normalized spacial score (nSPS) is 15.5. The minimum atomic E-state index is -0.187. The van der Waals surface area contributed by atoms with E-state index in [1.54, 1.807) is 23.1 Å². The van der Waals surface area contributed by atoms with Crippen LogP contribution in [0.15, 0.2) is 69.2 Å². The fourth-order valence-electron chi connectivity index (χ4n) is 3.63. The molecule has 156 valence electrons. The van der Waals surface area contributed by atoms with E-state index in [4.69, 9.17) is 4.74 Å². The quantitative estimate of drug-likeness (QED) is 0.534. The van der Waals surface area contributed by atoms with Crippen molar-refractivity contribution in [2.45, 2.75) is 34.4 Å². The number of nitrogens with zero attached hydrogens (tertiary/aromatic N) is 1. The van der Waals surface area contributed by atoms with Gasteiger partial charge in [0.1, 0.15) is 0 Å². The predicted octanol–water partition coefficient (Wildman–Crippen LogP) is 5.47. The highest BCUT2D eigenvalue weighted by Crippen LogP contribution is 2.34. The van der Waals surface area contributed by atoms with Gasteiger partial charge in [0.25, 0.3) is 0 Å². The lowest BCUT2D eigenvalue weighted by molar-refractivity contribution is 0.0508. The first-order valence-electron chi connectivity index (χ1n) is 10.0. The number of hydrogen-bond donors (Lipinski definition) is 2. The van der Waals surface area contributed by atoms with Gasteiger partial charge in [-0.25, -0.2) is 9.78 Å². The van der Waals surface area contributed by atoms with Gasteiger partial charge in [-0.15, -0.1) is 11.3 Å². The van der Waals surface area contributed by atoms with Gasteiger partial charge < -0.3 is 15.4 Å². The van der Waals surface area contributed by atoms with Gasteiger partial charge >= 0.3 is 6.03 Å². The Morgan fingerprint density at radius 3 is 2.53 bits per heavy atom. The number of thiazole rings is 1. The molecule has 0 unspecified atom stereocenters. The van der Waals surface area contributed by atoms with Crippen LogP contribution in [-0.2, 0) is 10.2 Å². The van der Waals surface area contributed by atoms with Crippen LogP contribution in [0.5, 0.6) is 0 Å². The second kappa shape index (κ2) is 9.64. The van der Waals surface area contributed by atoms with Gasteiger partial charge in [-0.2, -0.15) is 0 Å². The summed E-state index contributed by atoms with van der Waals surface area (Å²) < 4.78 is 6.59. The molecule has 3 aromatic rings. The Morgan fingerprint density at radius 2 is 1.87 bits per heavy atom. The number of carbonyl (C=O) groups excluding carboxylic acids is 1. The average Bonchev–Trinajstić information content (AvgIpc) is 3.19. The largest absolute Gasteiger partial charge is 0.381 e. The summed E-state index contributed by atoms with van der Waals surface area (Å²) in [4.78, 5) is 18.1. The van der Waals surface area contributed by atoms with Crippen LogP contribution in [0.1, 0.15) is 24.1 Å². The van der Waals surface area contributed by atoms with Crippen LogP contribution < -0.4 is 10.6 Å². The van der Waals surface area contributed by atoms with Crippen molar-refractivity contribution >= 4 is 34.8 Å². The molecule has 2 heterocycles. The predicted molar refractivity (Wildman–Crippen MR) is 123 cm³/mol. The second-order valence-corrected chi connectivity index (χ2v) is 9.63. The third-order valence-electron chi connectivity index (χ3n) is 5.34. The molecule has 30 heavy (non-hydrogen) atoms. The molecule has 2 N–H and O–H groups in total. The first-order valence-corrected chi connectivity index (χ1v) is 11.7. The topological polar surface area (TPSA) is 63.2 Å². The van der Waals surface area contributed by atoms with Crippen molar-refractivity contribution in [3.05, 3.63) is 71.2 Å². The van der Waals surface area contributed by atoms with Gasteiger partial charge in [0.05, 0.1) is 0 Å². The fraction of sp³-hybridized carbons (Fsp3) is 0.304. The van der Waals surface area contributed by atoms with Gasteiger partial charge in [-0.05, 0) is 49.6 Å². The molecule has 2 aromatic carbocycles. The maximum atomic E-state index is 12.5. The molecule has 1 aliphatic rings. The first-order chi connectivity index (χ1) is 14.6. The van der Waals surface area contributed by atoms with Crippen molar-refractivity contribution in [2.75, 3.05) is 25.1 Å². The number of anilines is 1. The Labute approximate surface area is 185 Å². The SMILES string of the molecule is Cc1csc(Sc2ccc(NC(=O)NCC3(c4ccccc4)CCOCC3)cc2)n1. The number of amides is 2. The van der Waals surface area contributed by atoms with E-state index in [0.29, 0.717) is 6.54 Å². The maximum Gasteiger partial charge on any atom is 0.319 e. The lowest BCUT2D eigenvalue weighted by Crippen LogP contribution is -2.45. The van der Waals surface area contributed by atoms with Crippen LogP contribution in [0.3, 0.4) is 0 Å². The van der Waals surface area contributed by atoms with E-state index in [1.165, 1.54) is 5.56 Å². The molecule has 4 rings (SSSR count). The van der Waals surface area contributed by atoms with Crippen molar-refractivity contribution < 1.29 is 9.53 Å². The molecule has 5 nitrogen and oxygen atoms in total. The highest BCUT2D eigenvalue weighted by Gasteiger charge is 2.34. The number of benzene rings is 2. The average molecular weight is 440 g/mol. The summed E-state index contributed by atoms with van der Waals surface area (Å²) in [7, 11) is 0. The summed E-state index contributed by atoms with van der Waals surface area (Å²) in [6.07, 6.45) is 1.80. The molecule has 0 bridgehead atoms. The van der Waals surface area contributed by atoms with Crippen LogP contribution in [0, 0.1) is 6.92 Å². The highest BCUT2D eigenvalue weighted by molar-refractivity contribution is 8.01. The number of nitrogens with one attached hydrogen (secondary N) is 2. The molecule has 0 aliphatic carbocycles. The number of rotatable bonds is 6. The highest BCUT2D eigenvalue weighted by atomic mass is 32.2. The molecule has 2 amide bonds. The van der Waals surface area contributed by atoms with Gasteiger partial charge in [0, 0.05) is 46.8 Å². The van der Waals surface area contributed by atoms with Crippen LogP contribution in [0.2, 0.25) is 0 Å². The molecule has 0 radical (unpaired) electrons. The number of ether oxygens (including phenoxy) is 1. The Kier molecular flexibility index (Phi) is 6.72. The Morgan fingerprint density at radius 1 is 1.13 bits per heavy atom. The smallest absolute Gasteiger partial charge is 0.319 e. The van der Waals surface area contributed by atoms with Crippen LogP contribution in [0.25, 0.3) is 0 Å². The van der Waals surface area contributed by atoms with Crippen molar-refractivity contribution in [3.63, 3.8) is 0 Å². The summed E-state index contributed by atoms with van der Waals surface area (Å²) in [6, 6.07) is 18.1. The molecule has 1 fully saturated rings. The molecule has 0 spiro atoms. The summed E-state index contributed by atoms with van der Waals surface area (Å²) in [5.41, 5.74) is 2.99. The minimum absolute atomic E-state index is 0.0802. The van der Waals surface area contributed by atoms with Crippen LogP contribution >= 0.6 is 23.1 Å². The van der Waals surface area contributed by atoms with Gasteiger partial charge in [0.2, 0.25) is 0 Å². The van der Waals surface area contributed by atoms with Gasteiger partial charge in [0.15, 0.2) is 4.34 Å². The summed E-state index contributed by atoms with van der Waals surface area (Å²) >= 11 is 3.27. The summed E-state index contributed by atoms with van der Waals surface area (Å²) in [5.74, 6) is 0. The number of hydrogen-bond acceptors (Lipinski definition) is 5. The zero-order chi connectivity index (χ0) is 20.8. The van der Waals surface area contributed by atoms with Crippen LogP contribution in [-0.4, -0.2) is 30.8 Å². The van der Waals surface area contributed by atoms with E-state index in [9.17, 15) is 4.79 Å². The Hall–Kier alpha value is -2.35. The number of carbonyl (C=O) groups is 1. The Bertz CT molecular complexity index is 968.